The zero-order valence-electron chi connectivity index (χ0n) is 15.9. The monoisotopic (exact) mass is 394 g/mol. The van der Waals surface area contributed by atoms with Crippen molar-refractivity contribution in [1.29, 1.82) is 0 Å². The van der Waals surface area contributed by atoms with Crippen LogP contribution in [0.25, 0.3) is 0 Å². The number of thiophene rings is 1. The maximum absolute atomic E-state index is 12.2. The van der Waals surface area contributed by atoms with Crippen LogP contribution < -0.4 is 5.32 Å². The summed E-state index contributed by atoms with van der Waals surface area (Å²) in [7, 11) is 0. The summed E-state index contributed by atoms with van der Waals surface area (Å²) >= 11 is 1.31. The number of hydrogen-bond acceptors (Lipinski definition) is 8. The molecule has 0 atom stereocenters. The number of carbonyl (C=O) groups excluding carboxylic acids is 3. The molecule has 9 heteroatoms. The molecule has 0 saturated carbocycles. The predicted octanol–water partition coefficient (Wildman–Crippen LogP) is 3.20. The number of anilines is 1. The fourth-order valence-electron chi connectivity index (χ4n) is 2.58. The lowest BCUT2D eigenvalue weighted by Gasteiger charge is -2.08. The molecule has 1 N–H and O–H groups in total. The molecular formula is C18H22N2O6S. The molecule has 0 aliphatic rings. The number of hydrogen-bond donors (Lipinski definition) is 1. The third kappa shape index (κ3) is 4.54. The van der Waals surface area contributed by atoms with E-state index in [1.807, 2.05) is 13.8 Å². The van der Waals surface area contributed by atoms with E-state index in [4.69, 9.17) is 14.0 Å². The van der Waals surface area contributed by atoms with Gasteiger partial charge in [-0.1, -0.05) is 12.1 Å². The van der Waals surface area contributed by atoms with Crippen LogP contribution in [0.4, 0.5) is 5.00 Å². The number of aryl methyl sites for hydroxylation is 3. The Hall–Kier alpha value is -2.68. The van der Waals surface area contributed by atoms with Crippen molar-refractivity contribution in [2.45, 2.75) is 41.0 Å². The lowest BCUT2D eigenvalue weighted by atomic mass is 10.1. The molecule has 8 nitrogen and oxygen atoms in total. The van der Waals surface area contributed by atoms with E-state index in [0.29, 0.717) is 22.0 Å². The number of carbonyl (C=O) groups is 3. The Bertz CT molecular complexity index is 848. The molecule has 0 saturated heterocycles. The Morgan fingerprint density at radius 3 is 2.30 bits per heavy atom. The molecule has 0 unspecified atom stereocenters. The average Bonchev–Trinajstić information content (AvgIpc) is 3.11. The lowest BCUT2D eigenvalue weighted by molar-refractivity contribution is -0.119. The summed E-state index contributed by atoms with van der Waals surface area (Å²) in [6, 6.07) is 0. The minimum Gasteiger partial charge on any atom is -0.462 e. The van der Waals surface area contributed by atoms with Crippen molar-refractivity contribution < 1.29 is 28.4 Å². The number of amides is 1. The highest BCUT2D eigenvalue weighted by molar-refractivity contribution is 7.17. The molecule has 0 aromatic carbocycles. The summed E-state index contributed by atoms with van der Waals surface area (Å²) in [4.78, 5) is 37.5. The van der Waals surface area contributed by atoms with Crippen LogP contribution in [0, 0.1) is 20.8 Å². The summed E-state index contributed by atoms with van der Waals surface area (Å²) < 4.78 is 15.0. The third-order valence-corrected chi connectivity index (χ3v) is 5.22. The molecule has 2 aromatic rings. The third-order valence-electron chi connectivity index (χ3n) is 3.87. The Labute approximate surface area is 160 Å². The normalized spacial score (nSPS) is 10.6. The molecule has 2 aromatic heterocycles. The van der Waals surface area contributed by atoms with Gasteiger partial charge in [0, 0.05) is 4.88 Å². The topological polar surface area (TPSA) is 108 Å². The Morgan fingerprint density at radius 1 is 1.07 bits per heavy atom. The van der Waals surface area contributed by atoms with Crippen LogP contribution in [0.3, 0.4) is 0 Å². The highest BCUT2D eigenvalue weighted by Crippen LogP contribution is 2.34. The molecule has 2 rings (SSSR count). The summed E-state index contributed by atoms with van der Waals surface area (Å²) in [5.74, 6) is -1.41. The number of nitrogens with one attached hydrogen (secondary N) is 1. The number of ether oxygens (including phenoxy) is 2. The van der Waals surface area contributed by atoms with Crippen LogP contribution in [0.1, 0.15) is 56.5 Å². The quantitative estimate of drug-likeness (QED) is 0.719. The van der Waals surface area contributed by atoms with Gasteiger partial charge in [0.15, 0.2) is 6.61 Å². The molecular weight excluding hydrogens is 372 g/mol. The molecule has 0 radical (unpaired) electrons. The van der Waals surface area contributed by atoms with Crippen LogP contribution in [0.15, 0.2) is 4.52 Å². The number of aromatic nitrogens is 1. The van der Waals surface area contributed by atoms with Crippen molar-refractivity contribution in [3.05, 3.63) is 33.0 Å². The van der Waals surface area contributed by atoms with Crippen LogP contribution in [-0.4, -0.2) is 36.2 Å². The predicted molar refractivity (Wildman–Crippen MR) is 99.3 cm³/mol. The van der Waals surface area contributed by atoms with Crippen molar-refractivity contribution in [3.63, 3.8) is 0 Å². The van der Waals surface area contributed by atoms with Crippen molar-refractivity contribution in [1.82, 2.24) is 5.16 Å². The molecule has 27 heavy (non-hydrogen) atoms. The molecule has 0 aliphatic carbocycles. The van der Waals surface area contributed by atoms with Crippen LogP contribution in [0.5, 0.6) is 0 Å². The minimum atomic E-state index is -0.691. The van der Waals surface area contributed by atoms with Crippen molar-refractivity contribution >= 4 is 34.2 Å². The van der Waals surface area contributed by atoms with Crippen molar-refractivity contribution in [2.24, 2.45) is 0 Å². The second-order valence-corrected chi connectivity index (χ2v) is 6.86. The van der Waals surface area contributed by atoms with Gasteiger partial charge in [-0.25, -0.2) is 9.59 Å². The molecule has 0 aliphatic heterocycles. The van der Waals surface area contributed by atoms with E-state index in [0.717, 1.165) is 16.9 Å². The van der Waals surface area contributed by atoms with Gasteiger partial charge in [-0.15, -0.1) is 11.3 Å². The average molecular weight is 394 g/mol. The smallest absolute Gasteiger partial charge is 0.344 e. The highest BCUT2D eigenvalue weighted by Gasteiger charge is 2.24. The summed E-state index contributed by atoms with van der Waals surface area (Å²) in [6.45, 7) is 8.43. The zero-order chi connectivity index (χ0) is 20.1. The Balaban J connectivity index is 2.09. The van der Waals surface area contributed by atoms with E-state index in [1.54, 1.807) is 20.8 Å². The first-order valence-corrected chi connectivity index (χ1v) is 9.30. The fourth-order valence-corrected chi connectivity index (χ4v) is 3.72. The van der Waals surface area contributed by atoms with Gasteiger partial charge in [0.05, 0.1) is 17.9 Å². The van der Waals surface area contributed by atoms with Gasteiger partial charge in [-0.2, -0.15) is 0 Å². The van der Waals surface area contributed by atoms with E-state index in [-0.39, 0.29) is 12.2 Å². The first-order valence-electron chi connectivity index (χ1n) is 8.49. The van der Waals surface area contributed by atoms with E-state index < -0.39 is 24.5 Å². The maximum Gasteiger partial charge on any atom is 0.344 e. The molecule has 0 bridgehead atoms. The van der Waals surface area contributed by atoms with Gasteiger partial charge in [-0.05, 0) is 39.7 Å². The molecule has 1 amide bonds. The molecule has 0 spiro atoms. The van der Waals surface area contributed by atoms with Crippen LogP contribution in [-0.2, 0) is 20.7 Å². The maximum atomic E-state index is 12.2. The standard InChI is InChI=1S/C18H22N2O6S/c1-6-12-9(3)14(17(22)24-7-2)16(27-12)19-13(21)8-25-18(23)15-10(4)20-26-11(15)5/h6-8H2,1-5H3,(H,19,21). The van der Waals surface area contributed by atoms with Gasteiger partial charge < -0.3 is 19.3 Å². The second kappa shape index (κ2) is 8.81. The van der Waals surface area contributed by atoms with Crippen LogP contribution >= 0.6 is 11.3 Å². The zero-order valence-corrected chi connectivity index (χ0v) is 16.7. The first kappa shape index (κ1) is 20.6. The lowest BCUT2D eigenvalue weighted by Crippen LogP contribution is -2.22. The van der Waals surface area contributed by atoms with E-state index >= 15 is 0 Å². The van der Waals surface area contributed by atoms with Gasteiger partial charge >= 0.3 is 11.9 Å². The largest absolute Gasteiger partial charge is 0.462 e. The van der Waals surface area contributed by atoms with Crippen molar-refractivity contribution in [3.8, 4) is 0 Å². The Kier molecular flexibility index (Phi) is 6.73. The molecule has 146 valence electrons. The summed E-state index contributed by atoms with van der Waals surface area (Å²) in [5.41, 5.74) is 1.72. The highest BCUT2D eigenvalue weighted by atomic mass is 32.1. The van der Waals surface area contributed by atoms with Gasteiger partial charge in [-0.3, -0.25) is 4.79 Å². The minimum absolute atomic E-state index is 0.204. The fraction of sp³-hybridized carbons (Fsp3) is 0.444. The number of rotatable bonds is 7. The molecule has 0 fully saturated rings. The number of nitrogens with zero attached hydrogens (tertiary/aromatic N) is 1. The van der Waals surface area contributed by atoms with Crippen molar-refractivity contribution in [2.75, 3.05) is 18.5 Å². The SMILES string of the molecule is CCOC(=O)c1c(NC(=O)COC(=O)c2c(C)noc2C)sc(CC)c1C. The summed E-state index contributed by atoms with van der Waals surface area (Å²) in [6.07, 6.45) is 0.722. The van der Waals surface area contributed by atoms with Gasteiger partial charge in [0.2, 0.25) is 0 Å². The first-order chi connectivity index (χ1) is 12.8. The number of esters is 2. The second-order valence-electron chi connectivity index (χ2n) is 5.75. The van der Waals surface area contributed by atoms with E-state index in [9.17, 15) is 14.4 Å². The van der Waals surface area contributed by atoms with E-state index in [1.165, 1.54) is 11.3 Å². The molecule has 2 heterocycles. The summed E-state index contributed by atoms with van der Waals surface area (Å²) in [5, 5.41) is 6.70. The Morgan fingerprint density at radius 2 is 1.74 bits per heavy atom. The van der Waals surface area contributed by atoms with Crippen LogP contribution in [0.2, 0.25) is 0 Å². The van der Waals surface area contributed by atoms with Gasteiger partial charge in [0.1, 0.15) is 16.3 Å². The van der Waals surface area contributed by atoms with E-state index in [2.05, 4.69) is 10.5 Å². The van der Waals surface area contributed by atoms with Gasteiger partial charge in [0.25, 0.3) is 5.91 Å².